The van der Waals surface area contributed by atoms with Crippen molar-refractivity contribution in [3.05, 3.63) is 44.1 Å². The second-order valence-electron chi connectivity index (χ2n) is 4.33. The van der Waals surface area contributed by atoms with Gasteiger partial charge in [0.1, 0.15) is 10.5 Å². The number of fused-ring (bicyclic) bond motifs is 2. The molecule has 1 aliphatic heterocycles. The van der Waals surface area contributed by atoms with E-state index in [1.165, 1.54) is 12.1 Å². The number of hydrogen-bond acceptors (Lipinski definition) is 5. The molecule has 5 nitrogen and oxygen atoms in total. The third-order valence-electron chi connectivity index (χ3n) is 2.94. The van der Waals surface area contributed by atoms with Crippen molar-refractivity contribution in [2.45, 2.75) is 4.90 Å². The predicted molar refractivity (Wildman–Crippen MR) is 117 cm³/mol. The first-order valence-electron chi connectivity index (χ1n) is 5.85. The summed E-state index contributed by atoms with van der Waals surface area (Å²) >= 11 is 8.17. The summed E-state index contributed by atoms with van der Waals surface area (Å²) in [4.78, 5) is 12.4. The van der Waals surface area contributed by atoms with Crippen molar-refractivity contribution in [3.63, 3.8) is 0 Å². The first-order chi connectivity index (χ1) is 10.7. The zero-order valence-electron chi connectivity index (χ0n) is 10.8. The lowest BCUT2D eigenvalue weighted by Crippen LogP contribution is -2.23. The molecule has 23 heavy (non-hydrogen) atoms. The van der Waals surface area contributed by atoms with Gasteiger partial charge < -0.3 is 8.92 Å². The Morgan fingerprint density at radius 2 is 1.48 bits per heavy atom. The quantitative estimate of drug-likeness (QED) is 0.0992. The number of benzene rings is 2. The van der Waals surface area contributed by atoms with Crippen molar-refractivity contribution < 1.29 is 22.1 Å². The fourth-order valence-corrected chi connectivity index (χ4v) is 6.62. The third kappa shape index (κ3) is 3.21. The van der Waals surface area contributed by atoms with Gasteiger partial charge in [-0.2, -0.15) is 8.42 Å². The molecule has 1 aliphatic rings. The molecule has 0 radical (unpaired) electrons. The zero-order chi connectivity index (χ0) is 16.9. The van der Waals surface area contributed by atoms with Crippen LogP contribution < -0.4 is 8.92 Å². The second kappa shape index (κ2) is 6.71. The molecule has 1 heterocycles. The summed E-state index contributed by atoms with van der Waals surface area (Å²) in [6.45, 7) is 0. The molecule has 0 bridgehead atoms. The Balaban J connectivity index is 2.37. The molecular weight excluding hydrogens is 776 g/mol. The minimum atomic E-state index is -4.10. The average Bonchev–Trinajstić information content (AvgIpc) is 2.50. The molecule has 0 amide bonds. The lowest BCUT2D eigenvalue weighted by Gasteiger charge is -2.20. The zero-order valence-corrected chi connectivity index (χ0v) is 20.2. The van der Waals surface area contributed by atoms with Gasteiger partial charge in [-0.15, -0.1) is 0 Å². The Labute approximate surface area is 186 Å². The molecule has 0 aromatic heterocycles. The molecule has 0 saturated carbocycles. The molecule has 0 spiro atoms. The SMILES string of the molecule is O=C1Oc2ccccc2S(=O)(=O)Oc2c(I)c(I)c(I)c(I)c21. The smallest absolute Gasteiger partial charge is 0.348 e. The van der Waals surface area contributed by atoms with Crippen molar-refractivity contribution >= 4 is 106 Å². The number of carbonyl (C=O) groups excluding carboxylic acids is 1. The maximum atomic E-state index is 12.6. The molecule has 10 heteroatoms. The number of para-hydroxylation sites is 1. The van der Waals surface area contributed by atoms with Crippen molar-refractivity contribution in [1.29, 1.82) is 0 Å². The van der Waals surface area contributed by atoms with Crippen molar-refractivity contribution in [3.8, 4) is 11.5 Å². The summed E-state index contributed by atoms with van der Waals surface area (Å²) < 4.78 is 38.6. The van der Waals surface area contributed by atoms with Crippen LogP contribution in [0, 0.1) is 14.3 Å². The highest BCUT2D eigenvalue weighted by Gasteiger charge is 2.34. The average molecular weight is 780 g/mol. The number of rotatable bonds is 0. The van der Waals surface area contributed by atoms with Crippen LogP contribution in [0.25, 0.3) is 0 Å². The Kier molecular flexibility index (Phi) is 5.36. The van der Waals surface area contributed by atoms with Crippen LogP contribution in [0.4, 0.5) is 0 Å². The first kappa shape index (κ1) is 18.4. The maximum Gasteiger partial charge on any atom is 0.348 e. The molecule has 2 aromatic rings. The van der Waals surface area contributed by atoms with Crippen molar-refractivity contribution in [2.24, 2.45) is 0 Å². The van der Waals surface area contributed by atoms with E-state index in [-0.39, 0.29) is 22.0 Å². The Morgan fingerprint density at radius 1 is 0.870 bits per heavy atom. The molecule has 0 saturated heterocycles. The number of ether oxygens (including phenoxy) is 1. The number of carbonyl (C=O) groups is 1. The fourth-order valence-electron chi connectivity index (χ4n) is 1.92. The number of halogens is 4. The normalized spacial score (nSPS) is 15.6. The van der Waals surface area contributed by atoms with E-state index in [9.17, 15) is 13.2 Å². The van der Waals surface area contributed by atoms with Gasteiger partial charge in [0.2, 0.25) is 0 Å². The van der Waals surface area contributed by atoms with E-state index in [0.29, 0.717) is 7.14 Å². The highest BCUT2D eigenvalue weighted by atomic mass is 127. The minimum absolute atomic E-state index is 0.0133. The fraction of sp³-hybridized carbons (Fsp3) is 0. The minimum Gasteiger partial charge on any atom is -0.421 e. The molecular formula is C13H4I4O5S. The number of hydrogen-bond donors (Lipinski definition) is 0. The van der Waals surface area contributed by atoms with E-state index in [1.807, 2.05) is 45.2 Å². The molecule has 3 rings (SSSR count). The van der Waals surface area contributed by atoms with E-state index in [2.05, 4.69) is 45.2 Å². The standard InChI is InChI=1S/C13H4I4O5S/c14-8-7-12(11(17)10(16)9(8)15)22-23(19,20)6-4-2-1-3-5(6)21-13(7)18/h1-4H. The second-order valence-corrected chi connectivity index (χ2v) is 10.2. The van der Waals surface area contributed by atoms with Crippen LogP contribution in [-0.2, 0) is 10.1 Å². The first-order valence-corrected chi connectivity index (χ1v) is 11.6. The summed E-state index contributed by atoms with van der Waals surface area (Å²) in [5, 5.41) is 0. The third-order valence-corrected chi connectivity index (χ3v) is 11.6. The predicted octanol–water partition coefficient (Wildman–Crippen LogP) is 4.41. The molecule has 2 aromatic carbocycles. The van der Waals surface area contributed by atoms with Gasteiger partial charge >= 0.3 is 16.1 Å². The Bertz CT molecular complexity index is 955. The lowest BCUT2D eigenvalue weighted by molar-refractivity contribution is 0.0724. The maximum absolute atomic E-state index is 12.6. The van der Waals surface area contributed by atoms with Gasteiger partial charge in [-0.25, -0.2) is 4.79 Å². The van der Waals surface area contributed by atoms with E-state index >= 15 is 0 Å². The molecule has 0 N–H and O–H groups in total. The van der Waals surface area contributed by atoms with Crippen LogP contribution in [0.1, 0.15) is 10.4 Å². The van der Waals surface area contributed by atoms with Crippen LogP contribution in [0.15, 0.2) is 29.2 Å². The highest BCUT2D eigenvalue weighted by Crippen LogP contribution is 2.41. The summed E-state index contributed by atoms with van der Waals surface area (Å²) in [7, 11) is -4.10. The van der Waals surface area contributed by atoms with Crippen LogP contribution >= 0.6 is 90.4 Å². The van der Waals surface area contributed by atoms with Gasteiger partial charge in [0.05, 0.1) is 3.57 Å². The van der Waals surface area contributed by atoms with Gasteiger partial charge in [-0.3, -0.25) is 0 Å². The van der Waals surface area contributed by atoms with Crippen molar-refractivity contribution in [1.82, 2.24) is 0 Å². The summed E-state index contributed by atoms with van der Waals surface area (Å²) in [5.41, 5.74) is 0.123. The van der Waals surface area contributed by atoms with Gasteiger partial charge in [-0.1, -0.05) is 12.1 Å². The Hall–Kier alpha value is 0.580. The molecule has 0 unspecified atom stereocenters. The van der Waals surface area contributed by atoms with Gasteiger partial charge in [0, 0.05) is 10.7 Å². The molecule has 0 aliphatic carbocycles. The summed E-state index contributed by atoms with van der Waals surface area (Å²) in [5.74, 6) is -0.666. The van der Waals surface area contributed by atoms with E-state index in [0.717, 1.165) is 7.14 Å². The van der Waals surface area contributed by atoms with Gasteiger partial charge in [0.15, 0.2) is 11.5 Å². The van der Waals surface area contributed by atoms with E-state index in [4.69, 9.17) is 8.92 Å². The van der Waals surface area contributed by atoms with Crippen LogP contribution in [0.5, 0.6) is 11.5 Å². The van der Waals surface area contributed by atoms with E-state index < -0.39 is 16.1 Å². The van der Waals surface area contributed by atoms with Crippen LogP contribution in [-0.4, -0.2) is 14.4 Å². The van der Waals surface area contributed by atoms with Gasteiger partial charge in [0.25, 0.3) is 0 Å². The largest absolute Gasteiger partial charge is 0.421 e. The molecule has 0 fully saturated rings. The summed E-state index contributed by atoms with van der Waals surface area (Å²) in [6, 6.07) is 5.91. The molecule has 120 valence electrons. The van der Waals surface area contributed by atoms with Gasteiger partial charge in [-0.05, 0) is 102 Å². The van der Waals surface area contributed by atoms with Crippen molar-refractivity contribution in [2.75, 3.05) is 0 Å². The van der Waals surface area contributed by atoms with Crippen LogP contribution in [0.3, 0.4) is 0 Å². The monoisotopic (exact) mass is 780 g/mol. The van der Waals surface area contributed by atoms with E-state index in [1.54, 1.807) is 12.1 Å². The van der Waals surface area contributed by atoms with Crippen LogP contribution in [0.2, 0.25) is 0 Å². The summed E-state index contributed by atoms with van der Waals surface area (Å²) in [6.07, 6.45) is 0. The topological polar surface area (TPSA) is 69.7 Å². The number of esters is 1. The Morgan fingerprint density at radius 3 is 2.17 bits per heavy atom. The molecule has 0 atom stereocenters. The lowest BCUT2D eigenvalue weighted by atomic mass is 10.2. The highest BCUT2D eigenvalue weighted by molar-refractivity contribution is 14.1.